The highest BCUT2D eigenvalue weighted by Crippen LogP contribution is 2.22. The molecule has 1 N–H and O–H groups in total. The van der Waals surface area contributed by atoms with Gasteiger partial charge in [0.1, 0.15) is 5.75 Å². The second-order valence-electron chi connectivity index (χ2n) is 5.02. The minimum Gasteiger partial charge on any atom is -0.494 e. The van der Waals surface area contributed by atoms with Crippen molar-refractivity contribution in [2.24, 2.45) is 0 Å². The lowest BCUT2D eigenvalue weighted by atomic mass is 10.0. The van der Waals surface area contributed by atoms with Crippen molar-refractivity contribution in [1.29, 1.82) is 0 Å². The lowest BCUT2D eigenvalue weighted by Crippen LogP contribution is -2.19. The van der Waals surface area contributed by atoms with Gasteiger partial charge in [0.25, 0.3) is 0 Å². The van der Waals surface area contributed by atoms with Crippen LogP contribution in [0, 0.1) is 0 Å². The van der Waals surface area contributed by atoms with Gasteiger partial charge in [-0.1, -0.05) is 18.2 Å². The molecule has 21 heavy (non-hydrogen) atoms. The van der Waals surface area contributed by atoms with Gasteiger partial charge in [0.2, 0.25) is 0 Å². The van der Waals surface area contributed by atoms with Crippen molar-refractivity contribution in [3.05, 3.63) is 35.9 Å². The Morgan fingerprint density at radius 2 is 1.90 bits per heavy atom. The van der Waals surface area contributed by atoms with Crippen LogP contribution in [0.2, 0.25) is 0 Å². The average Bonchev–Trinajstić information content (AvgIpc) is 2.55. The van der Waals surface area contributed by atoms with Gasteiger partial charge in [-0.3, -0.25) is 0 Å². The maximum Gasteiger partial charge on any atom is 0.119 e. The summed E-state index contributed by atoms with van der Waals surface area (Å²) in [6, 6.07) is 8.37. The lowest BCUT2D eigenvalue weighted by molar-refractivity contribution is 0.0644. The fourth-order valence-corrected chi connectivity index (χ4v) is 2.25. The van der Waals surface area contributed by atoms with E-state index in [1.54, 1.807) is 7.11 Å². The van der Waals surface area contributed by atoms with E-state index < -0.39 is 0 Å². The first kappa shape index (κ1) is 16.0. The average molecular weight is 291 g/mol. The molecule has 116 valence electrons. The van der Waals surface area contributed by atoms with Crippen LogP contribution in [0.5, 0.6) is 5.75 Å². The molecule has 4 nitrogen and oxygen atoms in total. The fourth-order valence-electron chi connectivity index (χ4n) is 2.25. The van der Waals surface area contributed by atoms with Crippen molar-refractivity contribution in [3.63, 3.8) is 0 Å². The zero-order chi connectivity index (χ0) is 14.8. The van der Waals surface area contributed by atoms with Gasteiger partial charge in [-0.2, -0.15) is 0 Å². The molecule has 1 aromatic rings. The summed E-state index contributed by atoms with van der Waals surface area (Å²) in [6.07, 6.45) is 4.25. The van der Waals surface area contributed by atoms with Crippen molar-refractivity contribution in [3.8, 4) is 5.75 Å². The summed E-state index contributed by atoms with van der Waals surface area (Å²) in [7, 11) is 1.68. The van der Waals surface area contributed by atoms with Crippen LogP contribution in [-0.4, -0.2) is 46.6 Å². The first-order chi connectivity index (χ1) is 10.4. The van der Waals surface area contributed by atoms with Crippen LogP contribution in [0.25, 0.3) is 5.57 Å². The van der Waals surface area contributed by atoms with Gasteiger partial charge in [-0.05, 0) is 36.2 Å². The molecule has 0 radical (unpaired) electrons. The molecule has 0 spiro atoms. The summed E-state index contributed by atoms with van der Waals surface area (Å²) < 4.78 is 16.0. The molecule has 1 aromatic carbocycles. The molecule has 0 saturated carbocycles. The molecule has 0 aromatic heterocycles. The lowest BCUT2D eigenvalue weighted by Gasteiger charge is -2.14. The van der Waals surface area contributed by atoms with Gasteiger partial charge in [0.05, 0.1) is 19.8 Å². The topological polar surface area (TPSA) is 39.7 Å². The molecule has 0 aliphatic carbocycles. The van der Waals surface area contributed by atoms with Gasteiger partial charge in [-0.25, -0.2) is 0 Å². The van der Waals surface area contributed by atoms with E-state index in [2.05, 4.69) is 23.5 Å². The molecule has 0 fully saturated rings. The summed E-state index contributed by atoms with van der Waals surface area (Å²) in [6.45, 7) is 4.72. The predicted octanol–water partition coefficient (Wildman–Crippen LogP) is 2.50. The van der Waals surface area contributed by atoms with Gasteiger partial charge in [0, 0.05) is 26.7 Å². The molecule has 1 aliphatic rings. The Labute approximate surface area is 127 Å². The predicted molar refractivity (Wildman–Crippen MR) is 84.7 cm³/mol. The van der Waals surface area contributed by atoms with Gasteiger partial charge >= 0.3 is 0 Å². The summed E-state index contributed by atoms with van der Waals surface area (Å²) in [5.74, 6) is 0.921. The van der Waals surface area contributed by atoms with Crippen LogP contribution < -0.4 is 10.1 Å². The zero-order valence-electron chi connectivity index (χ0n) is 12.8. The van der Waals surface area contributed by atoms with Gasteiger partial charge < -0.3 is 19.5 Å². The quantitative estimate of drug-likeness (QED) is 0.710. The highest BCUT2D eigenvalue weighted by molar-refractivity contribution is 5.67. The van der Waals surface area contributed by atoms with Crippen molar-refractivity contribution < 1.29 is 14.2 Å². The van der Waals surface area contributed by atoms with Crippen LogP contribution in [-0.2, 0) is 9.47 Å². The van der Waals surface area contributed by atoms with E-state index in [0.717, 1.165) is 31.7 Å². The van der Waals surface area contributed by atoms with E-state index in [-0.39, 0.29) is 0 Å². The summed E-state index contributed by atoms with van der Waals surface area (Å²) in [4.78, 5) is 0. The molecule has 1 aliphatic heterocycles. The number of ether oxygens (including phenoxy) is 3. The van der Waals surface area contributed by atoms with E-state index in [4.69, 9.17) is 14.2 Å². The SMILES string of the molecule is COCCOCCCOc1ccc(C2=CCNCC2)cc1. The smallest absolute Gasteiger partial charge is 0.119 e. The number of hydrogen-bond acceptors (Lipinski definition) is 4. The Morgan fingerprint density at radius 1 is 1.05 bits per heavy atom. The second kappa shape index (κ2) is 9.55. The Kier molecular flexibility index (Phi) is 7.29. The van der Waals surface area contributed by atoms with Crippen LogP contribution in [0.3, 0.4) is 0 Å². The molecule has 0 saturated heterocycles. The largest absolute Gasteiger partial charge is 0.494 e. The highest BCUT2D eigenvalue weighted by atomic mass is 16.5. The zero-order valence-corrected chi connectivity index (χ0v) is 12.8. The number of nitrogens with one attached hydrogen (secondary N) is 1. The number of rotatable bonds is 9. The summed E-state index contributed by atoms with van der Waals surface area (Å²) >= 11 is 0. The van der Waals surface area contributed by atoms with Crippen LogP contribution in [0.15, 0.2) is 30.3 Å². The molecule has 0 amide bonds. The number of benzene rings is 1. The third-order valence-corrected chi connectivity index (χ3v) is 3.42. The molecule has 1 heterocycles. The van der Waals surface area contributed by atoms with Crippen LogP contribution >= 0.6 is 0 Å². The van der Waals surface area contributed by atoms with Crippen LogP contribution in [0.4, 0.5) is 0 Å². The summed E-state index contributed by atoms with van der Waals surface area (Å²) in [5, 5.41) is 3.33. The number of methoxy groups -OCH3 is 1. The van der Waals surface area contributed by atoms with Crippen molar-refractivity contribution in [1.82, 2.24) is 5.32 Å². The van der Waals surface area contributed by atoms with E-state index in [9.17, 15) is 0 Å². The third kappa shape index (κ3) is 5.87. The molecular formula is C17H25NO3. The maximum absolute atomic E-state index is 5.71. The monoisotopic (exact) mass is 291 g/mol. The van der Waals surface area contributed by atoms with Gasteiger partial charge in [0.15, 0.2) is 0 Å². The molecule has 0 unspecified atom stereocenters. The van der Waals surface area contributed by atoms with E-state index in [1.807, 2.05) is 12.1 Å². The maximum atomic E-state index is 5.71. The minimum atomic E-state index is 0.647. The molecule has 0 atom stereocenters. The fraction of sp³-hybridized carbons (Fsp3) is 0.529. The molecule has 4 heteroatoms. The van der Waals surface area contributed by atoms with Crippen molar-refractivity contribution in [2.45, 2.75) is 12.8 Å². The van der Waals surface area contributed by atoms with E-state index >= 15 is 0 Å². The third-order valence-electron chi connectivity index (χ3n) is 3.42. The Balaban J connectivity index is 1.66. The second-order valence-corrected chi connectivity index (χ2v) is 5.02. The van der Waals surface area contributed by atoms with E-state index in [0.29, 0.717) is 26.4 Å². The Bertz CT molecular complexity index is 428. The first-order valence-electron chi connectivity index (χ1n) is 7.60. The van der Waals surface area contributed by atoms with Crippen molar-refractivity contribution >= 4 is 5.57 Å². The van der Waals surface area contributed by atoms with Gasteiger partial charge in [-0.15, -0.1) is 0 Å². The number of hydrogen-bond donors (Lipinski definition) is 1. The first-order valence-corrected chi connectivity index (χ1v) is 7.60. The van der Waals surface area contributed by atoms with Crippen molar-refractivity contribution in [2.75, 3.05) is 46.6 Å². The molecule has 2 rings (SSSR count). The Morgan fingerprint density at radius 3 is 2.62 bits per heavy atom. The van der Waals surface area contributed by atoms with Crippen LogP contribution in [0.1, 0.15) is 18.4 Å². The molecule has 0 bridgehead atoms. The summed E-state index contributed by atoms with van der Waals surface area (Å²) in [5.41, 5.74) is 2.72. The minimum absolute atomic E-state index is 0.647. The Hall–Kier alpha value is -1.36. The standard InChI is InChI=1S/C17H25NO3/c1-19-13-14-20-11-2-12-21-17-5-3-15(4-6-17)16-7-9-18-10-8-16/h3-7,18H,2,8-14H2,1H3. The van der Waals surface area contributed by atoms with E-state index in [1.165, 1.54) is 11.1 Å². The highest BCUT2D eigenvalue weighted by Gasteiger charge is 2.05. The molecular weight excluding hydrogens is 266 g/mol. The normalized spacial score (nSPS) is 14.8.